The summed E-state index contributed by atoms with van der Waals surface area (Å²) in [5, 5.41) is 17.0. The van der Waals surface area contributed by atoms with E-state index in [1.54, 1.807) is 0 Å². The Bertz CT molecular complexity index is 254. The van der Waals surface area contributed by atoms with Gasteiger partial charge in [-0.15, -0.1) is 0 Å². The van der Waals surface area contributed by atoms with Crippen molar-refractivity contribution in [2.45, 2.75) is 6.61 Å². The number of aliphatic hydroxyl groups excluding tert-OH is 2. The molecule has 1 aromatic heterocycles. The molecule has 4 heteroatoms. The summed E-state index contributed by atoms with van der Waals surface area (Å²) in [5.74, 6) is -0.346. The highest BCUT2D eigenvalue weighted by molar-refractivity contribution is 5.96. The smallest absolute Gasteiger partial charge is 0.189 e. The summed E-state index contributed by atoms with van der Waals surface area (Å²) in [7, 11) is 0. The van der Waals surface area contributed by atoms with Crippen molar-refractivity contribution in [3.63, 3.8) is 0 Å². The third-order valence-corrected chi connectivity index (χ3v) is 1.38. The van der Waals surface area contributed by atoms with E-state index < -0.39 is 6.61 Å². The highest BCUT2D eigenvalue weighted by Gasteiger charge is 2.05. The Labute approximate surface area is 63.5 Å². The van der Waals surface area contributed by atoms with E-state index in [-0.39, 0.29) is 12.4 Å². The molecule has 1 aromatic rings. The fourth-order valence-corrected chi connectivity index (χ4v) is 0.785. The SMILES string of the molecule is O=C(CO)c1c[nH]c(CO)c1. The van der Waals surface area contributed by atoms with Gasteiger partial charge < -0.3 is 15.2 Å². The molecule has 0 bridgehead atoms. The molecule has 0 fully saturated rings. The van der Waals surface area contributed by atoms with Gasteiger partial charge in [-0.1, -0.05) is 0 Å². The zero-order chi connectivity index (χ0) is 8.27. The third-order valence-electron chi connectivity index (χ3n) is 1.38. The largest absolute Gasteiger partial charge is 0.390 e. The van der Waals surface area contributed by atoms with E-state index in [2.05, 4.69) is 4.98 Å². The van der Waals surface area contributed by atoms with Crippen LogP contribution in [0.15, 0.2) is 12.3 Å². The van der Waals surface area contributed by atoms with Crippen molar-refractivity contribution in [3.05, 3.63) is 23.5 Å². The van der Waals surface area contributed by atoms with E-state index in [9.17, 15) is 4.79 Å². The number of carbonyl (C=O) groups excluding carboxylic acids is 1. The molecule has 0 spiro atoms. The first-order chi connectivity index (χ1) is 5.27. The summed E-state index contributed by atoms with van der Waals surface area (Å²) in [4.78, 5) is 13.5. The molecule has 0 aliphatic rings. The van der Waals surface area contributed by atoms with E-state index in [0.717, 1.165) is 0 Å². The molecule has 0 radical (unpaired) electrons. The van der Waals surface area contributed by atoms with Crippen LogP contribution in [-0.4, -0.2) is 27.6 Å². The van der Waals surface area contributed by atoms with Crippen LogP contribution in [0, 0.1) is 0 Å². The lowest BCUT2D eigenvalue weighted by atomic mass is 10.2. The van der Waals surface area contributed by atoms with Crippen molar-refractivity contribution < 1.29 is 15.0 Å². The second kappa shape index (κ2) is 3.32. The minimum absolute atomic E-state index is 0.126. The number of hydrogen-bond donors (Lipinski definition) is 3. The predicted molar refractivity (Wildman–Crippen MR) is 38.1 cm³/mol. The number of nitrogens with one attached hydrogen (secondary N) is 1. The van der Waals surface area contributed by atoms with Gasteiger partial charge in [0, 0.05) is 17.5 Å². The summed E-state index contributed by atoms with van der Waals surface area (Å²) >= 11 is 0. The van der Waals surface area contributed by atoms with Gasteiger partial charge in [0.1, 0.15) is 6.61 Å². The van der Waals surface area contributed by atoms with Crippen LogP contribution in [0.5, 0.6) is 0 Å². The lowest BCUT2D eigenvalue weighted by Crippen LogP contribution is -2.01. The number of aromatic nitrogens is 1. The van der Waals surface area contributed by atoms with Crippen LogP contribution in [0.4, 0.5) is 0 Å². The van der Waals surface area contributed by atoms with E-state index in [1.807, 2.05) is 0 Å². The molecule has 0 unspecified atom stereocenters. The topological polar surface area (TPSA) is 73.3 Å². The summed E-state index contributed by atoms with van der Waals surface area (Å²) in [6, 6.07) is 1.51. The first kappa shape index (κ1) is 7.97. The first-order valence-electron chi connectivity index (χ1n) is 3.20. The molecular weight excluding hydrogens is 146 g/mol. The number of H-pyrrole nitrogens is 1. The van der Waals surface area contributed by atoms with Gasteiger partial charge in [0.05, 0.1) is 6.61 Å². The third kappa shape index (κ3) is 1.66. The summed E-state index contributed by atoms with van der Waals surface area (Å²) in [6.45, 7) is -0.624. The minimum Gasteiger partial charge on any atom is -0.390 e. The Morgan fingerprint density at radius 2 is 2.27 bits per heavy atom. The number of aromatic amines is 1. The molecule has 0 aliphatic carbocycles. The Morgan fingerprint density at radius 1 is 1.55 bits per heavy atom. The fourth-order valence-electron chi connectivity index (χ4n) is 0.785. The summed E-state index contributed by atoms with van der Waals surface area (Å²) in [6.07, 6.45) is 1.46. The second-order valence-corrected chi connectivity index (χ2v) is 2.15. The van der Waals surface area contributed by atoms with Crippen LogP contribution < -0.4 is 0 Å². The maximum atomic E-state index is 10.8. The van der Waals surface area contributed by atoms with E-state index in [0.29, 0.717) is 11.3 Å². The Kier molecular flexibility index (Phi) is 2.40. The molecule has 1 heterocycles. The molecule has 0 atom stereocenters. The van der Waals surface area contributed by atoms with Gasteiger partial charge in [-0.3, -0.25) is 4.79 Å². The quantitative estimate of drug-likeness (QED) is 0.524. The van der Waals surface area contributed by atoms with Crippen molar-refractivity contribution in [2.24, 2.45) is 0 Å². The van der Waals surface area contributed by atoms with Gasteiger partial charge in [0.2, 0.25) is 0 Å². The molecular formula is C7H9NO3. The molecule has 11 heavy (non-hydrogen) atoms. The average molecular weight is 155 g/mol. The Balaban J connectivity index is 2.80. The molecule has 0 aliphatic heterocycles. The Hall–Kier alpha value is -1.13. The van der Waals surface area contributed by atoms with Crippen molar-refractivity contribution in [1.82, 2.24) is 4.98 Å². The maximum Gasteiger partial charge on any atom is 0.189 e. The highest BCUT2D eigenvalue weighted by Crippen LogP contribution is 2.03. The zero-order valence-corrected chi connectivity index (χ0v) is 5.87. The standard InChI is InChI=1S/C7H9NO3/c9-3-6-1-5(2-8-6)7(11)4-10/h1-2,8-10H,3-4H2. The normalized spacial score (nSPS) is 10.0. The molecule has 0 aromatic carbocycles. The van der Waals surface area contributed by atoms with E-state index >= 15 is 0 Å². The number of Topliss-reactive ketones (excluding diaryl/α,β-unsaturated/α-hetero) is 1. The number of ketones is 1. The van der Waals surface area contributed by atoms with Crippen LogP contribution in [0.2, 0.25) is 0 Å². The fraction of sp³-hybridized carbons (Fsp3) is 0.286. The summed E-state index contributed by atoms with van der Waals surface area (Å²) < 4.78 is 0. The van der Waals surface area contributed by atoms with E-state index in [1.165, 1.54) is 12.3 Å². The van der Waals surface area contributed by atoms with Crippen LogP contribution in [-0.2, 0) is 6.61 Å². The van der Waals surface area contributed by atoms with Crippen LogP contribution in [0.1, 0.15) is 16.1 Å². The van der Waals surface area contributed by atoms with Crippen LogP contribution in [0.3, 0.4) is 0 Å². The maximum absolute atomic E-state index is 10.8. The lowest BCUT2D eigenvalue weighted by molar-refractivity contribution is 0.0904. The molecule has 3 N–H and O–H groups in total. The van der Waals surface area contributed by atoms with Gasteiger partial charge in [-0.25, -0.2) is 0 Å². The molecule has 60 valence electrons. The van der Waals surface area contributed by atoms with Crippen LogP contribution in [0.25, 0.3) is 0 Å². The van der Waals surface area contributed by atoms with E-state index in [4.69, 9.17) is 10.2 Å². The molecule has 0 saturated carbocycles. The van der Waals surface area contributed by atoms with Crippen molar-refractivity contribution in [3.8, 4) is 0 Å². The number of aliphatic hydroxyl groups is 2. The average Bonchev–Trinajstić information content (AvgIpc) is 2.50. The van der Waals surface area contributed by atoms with Gasteiger partial charge in [-0.2, -0.15) is 0 Å². The van der Waals surface area contributed by atoms with Crippen LogP contribution >= 0.6 is 0 Å². The lowest BCUT2D eigenvalue weighted by Gasteiger charge is -1.87. The number of hydrogen-bond acceptors (Lipinski definition) is 3. The van der Waals surface area contributed by atoms with Gasteiger partial charge in [0.15, 0.2) is 5.78 Å². The second-order valence-electron chi connectivity index (χ2n) is 2.15. The Morgan fingerprint density at radius 3 is 2.73 bits per heavy atom. The number of rotatable bonds is 3. The molecule has 0 saturated heterocycles. The van der Waals surface area contributed by atoms with Crippen molar-refractivity contribution in [1.29, 1.82) is 0 Å². The molecule has 4 nitrogen and oxygen atoms in total. The predicted octanol–water partition coefficient (Wildman–Crippen LogP) is -0.318. The van der Waals surface area contributed by atoms with Crippen molar-refractivity contribution in [2.75, 3.05) is 6.61 Å². The van der Waals surface area contributed by atoms with Gasteiger partial charge >= 0.3 is 0 Å². The molecule has 0 amide bonds. The van der Waals surface area contributed by atoms with Gasteiger partial charge in [-0.05, 0) is 6.07 Å². The minimum atomic E-state index is -0.497. The highest BCUT2D eigenvalue weighted by atomic mass is 16.3. The first-order valence-corrected chi connectivity index (χ1v) is 3.20. The number of carbonyl (C=O) groups is 1. The zero-order valence-electron chi connectivity index (χ0n) is 5.87. The summed E-state index contributed by atoms with van der Waals surface area (Å²) in [5.41, 5.74) is 0.971. The molecule has 1 rings (SSSR count). The van der Waals surface area contributed by atoms with Gasteiger partial charge in [0.25, 0.3) is 0 Å². The monoisotopic (exact) mass is 155 g/mol. The van der Waals surface area contributed by atoms with Crippen molar-refractivity contribution >= 4 is 5.78 Å².